The lowest BCUT2D eigenvalue weighted by Crippen LogP contribution is -2.51. The SMILES string of the molecule is CCN(C(C)c1cc(C)ccc1C)C(C)(C)C(=O)O. The molecule has 0 fully saturated rings. The minimum absolute atomic E-state index is 0.0796. The zero-order chi connectivity index (χ0) is 14.8. The van der Waals surface area contributed by atoms with Crippen LogP contribution in [0.5, 0.6) is 0 Å². The van der Waals surface area contributed by atoms with E-state index in [0.717, 1.165) is 0 Å². The fourth-order valence-electron chi connectivity index (χ4n) is 2.65. The molecular formula is C16H25NO2. The lowest BCUT2D eigenvalue weighted by Gasteiger charge is -2.39. The van der Waals surface area contributed by atoms with Gasteiger partial charge in [-0.25, -0.2) is 0 Å². The van der Waals surface area contributed by atoms with E-state index in [1.165, 1.54) is 16.7 Å². The molecule has 0 spiro atoms. The van der Waals surface area contributed by atoms with Gasteiger partial charge in [0.25, 0.3) is 0 Å². The lowest BCUT2D eigenvalue weighted by atomic mass is 9.94. The van der Waals surface area contributed by atoms with Crippen LogP contribution >= 0.6 is 0 Å². The summed E-state index contributed by atoms with van der Waals surface area (Å²) in [5.41, 5.74) is 2.75. The normalized spacial score (nSPS) is 13.6. The van der Waals surface area contributed by atoms with Crippen LogP contribution in [-0.2, 0) is 4.79 Å². The zero-order valence-corrected chi connectivity index (χ0v) is 12.8. The maximum absolute atomic E-state index is 11.5. The Labute approximate surface area is 116 Å². The third-order valence-electron chi connectivity index (χ3n) is 3.93. The third kappa shape index (κ3) is 3.16. The predicted molar refractivity (Wildman–Crippen MR) is 78.4 cm³/mol. The van der Waals surface area contributed by atoms with Crippen molar-refractivity contribution < 1.29 is 9.90 Å². The van der Waals surface area contributed by atoms with E-state index in [4.69, 9.17) is 0 Å². The van der Waals surface area contributed by atoms with Gasteiger partial charge in [0.2, 0.25) is 0 Å². The van der Waals surface area contributed by atoms with E-state index in [1.807, 2.05) is 11.8 Å². The van der Waals surface area contributed by atoms with Gasteiger partial charge in [-0.1, -0.05) is 30.7 Å². The average Bonchev–Trinajstić information content (AvgIpc) is 2.32. The summed E-state index contributed by atoms with van der Waals surface area (Å²) in [4.78, 5) is 13.5. The molecule has 0 aliphatic rings. The van der Waals surface area contributed by atoms with Crippen molar-refractivity contribution in [1.29, 1.82) is 0 Å². The minimum Gasteiger partial charge on any atom is -0.480 e. The second-order valence-electron chi connectivity index (χ2n) is 5.69. The summed E-state index contributed by atoms with van der Waals surface area (Å²) < 4.78 is 0. The molecule has 1 aromatic carbocycles. The topological polar surface area (TPSA) is 40.5 Å². The molecule has 0 amide bonds. The molecule has 0 radical (unpaired) electrons. The molecule has 0 heterocycles. The largest absolute Gasteiger partial charge is 0.480 e. The molecule has 0 bridgehead atoms. The number of hydrogen-bond donors (Lipinski definition) is 1. The van der Waals surface area contributed by atoms with Crippen LogP contribution in [0.2, 0.25) is 0 Å². The van der Waals surface area contributed by atoms with Gasteiger partial charge in [-0.05, 0) is 52.3 Å². The Morgan fingerprint density at radius 1 is 1.37 bits per heavy atom. The summed E-state index contributed by atoms with van der Waals surface area (Å²) in [7, 11) is 0. The van der Waals surface area contributed by atoms with E-state index in [-0.39, 0.29) is 6.04 Å². The first-order valence-electron chi connectivity index (χ1n) is 6.79. The van der Waals surface area contributed by atoms with Crippen molar-refractivity contribution in [3.63, 3.8) is 0 Å². The summed E-state index contributed by atoms with van der Waals surface area (Å²) >= 11 is 0. The van der Waals surface area contributed by atoms with Gasteiger partial charge in [-0.2, -0.15) is 0 Å². The Morgan fingerprint density at radius 2 is 1.95 bits per heavy atom. The van der Waals surface area contributed by atoms with Gasteiger partial charge < -0.3 is 5.11 Å². The second kappa shape index (κ2) is 5.74. The molecule has 19 heavy (non-hydrogen) atoms. The van der Waals surface area contributed by atoms with Crippen LogP contribution in [0, 0.1) is 13.8 Å². The van der Waals surface area contributed by atoms with Crippen LogP contribution in [0.15, 0.2) is 18.2 Å². The molecule has 0 aromatic heterocycles. The number of carboxylic acids is 1. The Morgan fingerprint density at radius 3 is 2.42 bits per heavy atom. The van der Waals surface area contributed by atoms with Gasteiger partial charge in [0.15, 0.2) is 0 Å². The molecule has 1 aromatic rings. The number of carboxylic acid groups (broad SMARTS) is 1. The van der Waals surface area contributed by atoms with Crippen molar-refractivity contribution in [3.05, 3.63) is 34.9 Å². The average molecular weight is 263 g/mol. The molecule has 3 heteroatoms. The fourth-order valence-corrected chi connectivity index (χ4v) is 2.65. The Hall–Kier alpha value is -1.35. The maximum Gasteiger partial charge on any atom is 0.323 e. The summed E-state index contributed by atoms with van der Waals surface area (Å²) in [6.07, 6.45) is 0. The lowest BCUT2D eigenvalue weighted by molar-refractivity contribution is -0.150. The molecule has 0 saturated carbocycles. The first kappa shape index (κ1) is 15.7. The molecule has 0 aliphatic carbocycles. The number of aryl methyl sites for hydroxylation is 2. The first-order valence-corrected chi connectivity index (χ1v) is 6.79. The highest BCUT2D eigenvalue weighted by Crippen LogP contribution is 2.30. The van der Waals surface area contributed by atoms with E-state index in [1.54, 1.807) is 13.8 Å². The summed E-state index contributed by atoms with van der Waals surface area (Å²) in [6.45, 7) is 12.5. The number of aliphatic carboxylic acids is 1. The van der Waals surface area contributed by atoms with E-state index in [2.05, 4.69) is 39.0 Å². The molecule has 1 N–H and O–H groups in total. The quantitative estimate of drug-likeness (QED) is 0.883. The van der Waals surface area contributed by atoms with Crippen molar-refractivity contribution in [3.8, 4) is 0 Å². The van der Waals surface area contributed by atoms with Crippen LogP contribution in [0.4, 0.5) is 0 Å². The predicted octanol–water partition coefficient (Wildman–Crippen LogP) is 3.55. The van der Waals surface area contributed by atoms with Crippen molar-refractivity contribution in [2.75, 3.05) is 6.54 Å². The monoisotopic (exact) mass is 263 g/mol. The number of nitrogens with zero attached hydrogens (tertiary/aromatic N) is 1. The summed E-state index contributed by atoms with van der Waals surface area (Å²) in [5, 5.41) is 9.42. The zero-order valence-electron chi connectivity index (χ0n) is 12.8. The van der Waals surface area contributed by atoms with Gasteiger partial charge in [0.05, 0.1) is 0 Å². The number of likely N-dealkylation sites (N-methyl/N-ethyl adjacent to an activating group) is 1. The van der Waals surface area contributed by atoms with E-state index in [0.29, 0.717) is 6.54 Å². The van der Waals surface area contributed by atoms with Crippen LogP contribution in [0.25, 0.3) is 0 Å². The van der Waals surface area contributed by atoms with Crippen molar-refractivity contribution in [1.82, 2.24) is 4.90 Å². The smallest absolute Gasteiger partial charge is 0.323 e. The van der Waals surface area contributed by atoms with E-state index < -0.39 is 11.5 Å². The summed E-state index contributed by atoms with van der Waals surface area (Å²) in [6, 6.07) is 6.42. The fraction of sp³-hybridized carbons (Fsp3) is 0.562. The minimum atomic E-state index is -0.871. The maximum atomic E-state index is 11.5. The molecule has 0 saturated heterocycles. The van der Waals surface area contributed by atoms with Gasteiger partial charge in [0, 0.05) is 6.04 Å². The van der Waals surface area contributed by atoms with Gasteiger partial charge in [0.1, 0.15) is 5.54 Å². The van der Waals surface area contributed by atoms with Crippen LogP contribution < -0.4 is 0 Å². The molecule has 1 rings (SSSR count). The van der Waals surface area contributed by atoms with Gasteiger partial charge >= 0.3 is 5.97 Å². The standard InChI is InChI=1S/C16H25NO2/c1-7-17(16(5,6)15(18)19)13(4)14-10-11(2)8-9-12(14)3/h8-10,13H,7H2,1-6H3,(H,18,19). The third-order valence-corrected chi connectivity index (χ3v) is 3.93. The highest BCUT2D eigenvalue weighted by molar-refractivity contribution is 5.77. The van der Waals surface area contributed by atoms with E-state index in [9.17, 15) is 9.90 Å². The number of benzene rings is 1. The van der Waals surface area contributed by atoms with Crippen LogP contribution in [0.3, 0.4) is 0 Å². The molecule has 1 unspecified atom stereocenters. The molecule has 3 nitrogen and oxygen atoms in total. The highest BCUT2D eigenvalue weighted by Gasteiger charge is 2.37. The van der Waals surface area contributed by atoms with Crippen LogP contribution in [0.1, 0.15) is 50.4 Å². The number of hydrogen-bond acceptors (Lipinski definition) is 2. The van der Waals surface area contributed by atoms with Crippen molar-refractivity contribution in [2.24, 2.45) is 0 Å². The number of carbonyl (C=O) groups is 1. The Kier molecular flexibility index (Phi) is 4.75. The molecular weight excluding hydrogens is 238 g/mol. The molecule has 1 atom stereocenters. The second-order valence-corrected chi connectivity index (χ2v) is 5.69. The van der Waals surface area contributed by atoms with Crippen molar-refractivity contribution >= 4 is 5.97 Å². The Bertz CT molecular complexity index is 466. The first-order chi connectivity index (χ1) is 8.71. The van der Waals surface area contributed by atoms with Crippen molar-refractivity contribution in [2.45, 2.75) is 53.1 Å². The van der Waals surface area contributed by atoms with Crippen LogP contribution in [-0.4, -0.2) is 28.1 Å². The Balaban J connectivity index is 3.19. The van der Waals surface area contributed by atoms with Gasteiger partial charge in [-0.3, -0.25) is 9.69 Å². The number of rotatable bonds is 5. The molecule has 106 valence electrons. The van der Waals surface area contributed by atoms with E-state index >= 15 is 0 Å². The van der Waals surface area contributed by atoms with Gasteiger partial charge in [-0.15, -0.1) is 0 Å². The highest BCUT2D eigenvalue weighted by atomic mass is 16.4. The summed E-state index contributed by atoms with van der Waals surface area (Å²) in [5.74, 6) is -0.786. The molecule has 0 aliphatic heterocycles.